The number of likely N-dealkylation sites (N-methyl/N-ethyl adjacent to an activating group) is 1. The number of hydrogen-bond acceptors (Lipinski definition) is 14. The Morgan fingerprint density at radius 2 is 1.50 bits per heavy atom. The second kappa shape index (κ2) is 23.7. The number of fused-ring (bicyclic) bond motifs is 5. The molecule has 0 fully saturated rings. The fraction of sp³-hybridized carbons (Fsp3) is 0.404. The monoisotopic (exact) mass is 905 g/mol. The van der Waals surface area contributed by atoms with Crippen molar-refractivity contribution in [2.45, 2.75) is 71.1 Å². The summed E-state index contributed by atoms with van der Waals surface area (Å²) in [7, 11) is 1.41. The summed E-state index contributed by atoms with van der Waals surface area (Å²) in [6, 6.07) is 14.3. The molecule has 1 unspecified atom stereocenters. The number of nitrogens with one attached hydrogen (secondary N) is 4. The predicted molar refractivity (Wildman–Crippen MR) is 246 cm³/mol. The molecule has 0 saturated heterocycles. The maximum absolute atomic E-state index is 14.7. The number of nitriles is 1. The number of aryl methyl sites for hydroxylation is 2. The van der Waals surface area contributed by atoms with Gasteiger partial charge in [0.05, 0.1) is 29.6 Å². The Balaban J connectivity index is 1.56. The molecule has 5 amide bonds. The van der Waals surface area contributed by atoms with E-state index in [9.17, 15) is 24.0 Å². The van der Waals surface area contributed by atoms with E-state index in [0.717, 1.165) is 12.0 Å². The van der Waals surface area contributed by atoms with E-state index in [-0.39, 0.29) is 57.8 Å². The third-order valence-electron chi connectivity index (χ3n) is 10.7. The summed E-state index contributed by atoms with van der Waals surface area (Å²) in [6.45, 7) is 7.74. The van der Waals surface area contributed by atoms with Gasteiger partial charge in [0.2, 0.25) is 23.6 Å². The van der Waals surface area contributed by atoms with Crippen LogP contribution in [0, 0.1) is 25.2 Å². The molecule has 1 aliphatic heterocycles. The number of ether oxygens (including phenoxy) is 3. The van der Waals surface area contributed by atoms with E-state index in [1.165, 1.54) is 18.9 Å². The first kappa shape index (κ1) is 49.9. The Bertz CT molecular complexity index is 2400. The van der Waals surface area contributed by atoms with Gasteiger partial charge in [0.15, 0.2) is 5.82 Å². The van der Waals surface area contributed by atoms with Crippen molar-refractivity contribution in [2.75, 3.05) is 53.0 Å². The molecule has 5 rings (SSSR count). The molecule has 0 radical (unpaired) electrons. The van der Waals surface area contributed by atoms with Crippen molar-refractivity contribution in [3.63, 3.8) is 0 Å². The Morgan fingerprint density at radius 1 is 0.864 bits per heavy atom. The summed E-state index contributed by atoms with van der Waals surface area (Å²) >= 11 is 0. The van der Waals surface area contributed by atoms with Gasteiger partial charge in [0.25, 0.3) is 5.91 Å². The molecule has 2 heterocycles. The van der Waals surface area contributed by atoms with Crippen molar-refractivity contribution in [2.24, 2.45) is 17.2 Å². The molecule has 66 heavy (non-hydrogen) atoms. The standard InChI is InChI=1S/C47H59N11O8/c1-6-21-64-33-11-8-31(9-12-33)42-53-27(2)40(28(3)54-42)45(61)56-36(15-16-48)47(63)58(5)41-32-10-14-39(66-23-19-51)35(26-32)34-24-30(7-13-38(34)65-22-18-50)25-37(44(60)52-20-17-49)57-43(59)29(4)55-46(41)62/h7-14,24,26,29,36-37,41H,6,15-16,18-23,25,48,50-51H2,1-5H3,(H,52,60)(H,55,62)(H,56,61)(H,57,59)/t29-,36?,37-,41-/m0/s1. The first-order valence-electron chi connectivity index (χ1n) is 21.8. The molecule has 10 N–H and O–H groups in total. The second-order valence-corrected chi connectivity index (χ2v) is 15.7. The summed E-state index contributed by atoms with van der Waals surface area (Å²) < 4.78 is 17.9. The molecule has 4 aromatic rings. The number of carbonyl (C=O) groups is 5. The highest BCUT2D eigenvalue weighted by atomic mass is 16.5. The molecule has 1 aliphatic rings. The van der Waals surface area contributed by atoms with Gasteiger partial charge >= 0.3 is 0 Å². The number of nitrogens with zero attached hydrogens (tertiary/aromatic N) is 4. The van der Waals surface area contributed by atoms with Crippen LogP contribution in [0.25, 0.3) is 22.5 Å². The lowest BCUT2D eigenvalue weighted by Gasteiger charge is -2.32. The van der Waals surface area contributed by atoms with Crippen LogP contribution < -0.4 is 52.7 Å². The van der Waals surface area contributed by atoms with Crippen molar-refractivity contribution in [1.82, 2.24) is 36.1 Å². The molecule has 19 heteroatoms. The number of amides is 5. The first-order valence-corrected chi connectivity index (χ1v) is 21.8. The average molecular weight is 906 g/mol. The molecule has 0 saturated carbocycles. The largest absolute Gasteiger partial charge is 0.494 e. The number of rotatable bonds is 18. The summed E-state index contributed by atoms with van der Waals surface area (Å²) in [6.07, 6.45) is 0.862. The number of carbonyl (C=O) groups excluding carboxylic acids is 5. The number of nitrogens with two attached hydrogens (primary N) is 3. The topological polar surface area (TPSA) is 292 Å². The number of aromatic nitrogens is 2. The van der Waals surface area contributed by atoms with Gasteiger partial charge in [-0.05, 0) is 99.8 Å². The van der Waals surface area contributed by atoms with E-state index in [2.05, 4.69) is 31.2 Å². The molecule has 0 aliphatic carbocycles. The van der Waals surface area contributed by atoms with Crippen LogP contribution in [0.5, 0.6) is 17.2 Å². The van der Waals surface area contributed by atoms with Gasteiger partial charge in [-0.2, -0.15) is 5.26 Å². The lowest BCUT2D eigenvalue weighted by molar-refractivity contribution is -0.141. The van der Waals surface area contributed by atoms with Crippen LogP contribution in [0.1, 0.15) is 65.6 Å². The summed E-state index contributed by atoms with van der Waals surface area (Å²) in [4.78, 5) is 80.9. The number of benzene rings is 3. The third-order valence-corrected chi connectivity index (χ3v) is 10.7. The zero-order chi connectivity index (χ0) is 47.9. The quantitative estimate of drug-likeness (QED) is 0.0701. The lowest BCUT2D eigenvalue weighted by atomic mass is 9.93. The SMILES string of the molecule is CCCOc1ccc(-c2nc(C)c(C(=O)NC(CCN)C(=O)N(C)[C@@H]3C(=O)N[C@@H](C)C(=O)N[C@H](C(=O)NCC#N)Cc4ccc(OCCN)c(c4)-c4cc3ccc4OCCN)c(C)n2)cc1. The van der Waals surface area contributed by atoms with Gasteiger partial charge in [-0.1, -0.05) is 19.1 Å². The van der Waals surface area contributed by atoms with E-state index >= 15 is 0 Å². The molecule has 0 spiro atoms. The highest BCUT2D eigenvalue weighted by Gasteiger charge is 2.36. The fourth-order valence-corrected chi connectivity index (χ4v) is 7.45. The van der Waals surface area contributed by atoms with Crippen LogP contribution in [-0.2, 0) is 25.6 Å². The lowest BCUT2D eigenvalue weighted by Crippen LogP contribution is -2.56. The van der Waals surface area contributed by atoms with Crippen LogP contribution >= 0.6 is 0 Å². The third kappa shape index (κ3) is 12.3. The summed E-state index contributed by atoms with van der Waals surface area (Å²) in [5.74, 6) is -1.50. The minimum absolute atomic E-state index is 0.00122. The molecule has 4 bridgehead atoms. The summed E-state index contributed by atoms with van der Waals surface area (Å²) in [5, 5.41) is 19.9. The Morgan fingerprint density at radius 3 is 2.11 bits per heavy atom. The molecule has 1 aromatic heterocycles. The van der Waals surface area contributed by atoms with Gasteiger partial charge in [0, 0.05) is 43.2 Å². The summed E-state index contributed by atoms with van der Waals surface area (Å²) in [5.41, 5.74) is 21.2. The van der Waals surface area contributed by atoms with Crippen LogP contribution in [0.15, 0.2) is 60.7 Å². The van der Waals surface area contributed by atoms with E-state index < -0.39 is 53.7 Å². The molecular weight excluding hydrogens is 847 g/mol. The highest BCUT2D eigenvalue weighted by Crippen LogP contribution is 2.40. The van der Waals surface area contributed by atoms with Gasteiger partial charge in [-0.3, -0.25) is 24.0 Å². The molecule has 3 aromatic carbocycles. The van der Waals surface area contributed by atoms with Gasteiger partial charge in [0.1, 0.15) is 61.2 Å². The smallest absolute Gasteiger partial charge is 0.255 e. The maximum atomic E-state index is 14.7. The zero-order valence-electron chi connectivity index (χ0n) is 37.9. The Hall–Kier alpha value is -7.14. The van der Waals surface area contributed by atoms with Crippen molar-refractivity contribution >= 4 is 29.5 Å². The van der Waals surface area contributed by atoms with Gasteiger partial charge in [-0.15, -0.1) is 0 Å². The van der Waals surface area contributed by atoms with E-state index in [1.807, 2.05) is 37.3 Å². The van der Waals surface area contributed by atoms with Gasteiger partial charge < -0.3 is 57.6 Å². The van der Waals surface area contributed by atoms with Crippen LogP contribution in [0.4, 0.5) is 0 Å². The van der Waals surface area contributed by atoms with Crippen molar-refractivity contribution in [3.05, 3.63) is 88.7 Å². The predicted octanol–water partition coefficient (Wildman–Crippen LogP) is 1.72. The Labute approximate surface area is 384 Å². The second-order valence-electron chi connectivity index (χ2n) is 15.7. The molecule has 4 atom stereocenters. The molecular formula is C47H59N11O8. The fourth-order valence-electron chi connectivity index (χ4n) is 7.45. The average Bonchev–Trinajstić information content (AvgIpc) is 3.30. The van der Waals surface area contributed by atoms with Crippen LogP contribution in [-0.4, -0.2) is 116 Å². The van der Waals surface area contributed by atoms with Crippen LogP contribution in [0.2, 0.25) is 0 Å². The minimum atomic E-state index is -1.41. The highest BCUT2D eigenvalue weighted by molar-refractivity contribution is 6.00. The normalized spacial score (nSPS) is 16.3. The Kier molecular flexibility index (Phi) is 17.9. The minimum Gasteiger partial charge on any atom is -0.494 e. The van der Waals surface area contributed by atoms with E-state index in [4.69, 9.17) is 36.7 Å². The maximum Gasteiger partial charge on any atom is 0.255 e. The van der Waals surface area contributed by atoms with Crippen molar-refractivity contribution in [1.29, 1.82) is 5.26 Å². The van der Waals surface area contributed by atoms with E-state index in [1.54, 1.807) is 50.2 Å². The number of hydrogen-bond donors (Lipinski definition) is 7. The van der Waals surface area contributed by atoms with Crippen LogP contribution in [0.3, 0.4) is 0 Å². The first-order chi connectivity index (χ1) is 31.7. The van der Waals surface area contributed by atoms with Crippen molar-refractivity contribution < 1.29 is 38.2 Å². The zero-order valence-corrected chi connectivity index (χ0v) is 37.9. The van der Waals surface area contributed by atoms with E-state index in [0.29, 0.717) is 63.3 Å². The van der Waals surface area contributed by atoms with Crippen molar-refractivity contribution in [3.8, 4) is 45.8 Å². The van der Waals surface area contributed by atoms with Gasteiger partial charge in [-0.25, -0.2) is 9.97 Å². The molecule has 350 valence electrons. The molecule has 19 nitrogen and oxygen atoms in total.